The van der Waals surface area contributed by atoms with Crippen LogP contribution in [0.25, 0.3) is 28.5 Å². The summed E-state index contributed by atoms with van der Waals surface area (Å²) in [5.74, 6) is 2.30. The predicted octanol–water partition coefficient (Wildman–Crippen LogP) is 2.42. The third-order valence-corrected chi connectivity index (χ3v) is 4.88. The maximum absolute atomic E-state index is 5.52. The topological polar surface area (TPSA) is 83.5 Å². The first kappa shape index (κ1) is 16.1. The quantitative estimate of drug-likeness (QED) is 0.557. The minimum atomic E-state index is 0.193. The molecule has 27 heavy (non-hydrogen) atoms. The summed E-state index contributed by atoms with van der Waals surface area (Å²) >= 11 is 0. The molecule has 0 aliphatic carbocycles. The molecule has 0 N–H and O–H groups in total. The van der Waals surface area contributed by atoms with E-state index in [1.165, 1.54) is 0 Å². The Balaban J connectivity index is 1.71. The Bertz CT molecular complexity index is 1110. The number of aromatic nitrogens is 7. The molecule has 0 bridgehead atoms. The number of fused-ring (bicyclic) bond motifs is 1. The molecule has 4 heterocycles. The van der Waals surface area contributed by atoms with Crippen molar-refractivity contribution in [3.8, 4) is 17.5 Å². The van der Waals surface area contributed by atoms with Gasteiger partial charge < -0.3 is 9.30 Å². The van der Waals surface area contributed by atoms with Crippen LogP contribution in [0.3, 0.4) is 0 Å². The number of hydrogen-bond acceptors (Lipinski definition) is 6. The van der Waals surface area contributed by atoms with E-state index in [0.29, 0.717) is 24.1 Å². The fourth-order valence-electron chi connectivity index (χ4n) is 3.37. The zero-order valence-electron chi connectivity index (χ0n) is 15.2. The molecule has 8 nitrogen and oxygen atoms in total. The molecular weight excluding hydrogens is 342 g/mol. The standard InChI is InChI=1S/C19H19N7O/c1-12-9-21-15(10-20-12)18-23-17(13-7-8-27-11-13)24-26(18)19-22-14-5-3-4-6-16(14)25(19)2/h3-6,9-10,13H,7-8,11H2,1-2H3/t13-/m1/s1. The van der Waals surface area contributed by atoms with Crippen LogP contribution < -0.4 is 0 Å². The molecule has 1 aromatic carbocycles. The minimum absolute atomic E-state index is 0.193. The first-order chi connectivity index (χ1) is 13.2. The molecular formula is C19H19N7O. The van der Waals surface area contributed by atoms with Crippen LogP contribution in [0.1, 0.15) is 23.9 Å². The Kier molecular flexibility index (Phi) is 3.71. The summed E-state index contributed by atoms with van der Waals surface area (Å²) in [7, 11) is 1.98. The lowest BCUT2D eigenvalue weighted by molar-refractivity contribution is 0.193. The molecule has 3 aromatic heterocycles. The van der Waals surface area contributed by atoms with Crippen molar-refractivity contribution in [2.24, 2.45) is 7.05 Å². The molecule has 0 amide bonds. The highest BCUT2D eigenvalue weighted by molar-refractivity contribution is 5.77. The molecule has 0 saturated carbocycles. The van der Waals surface area contributed by atoms with E-state index < -0.39 is 0 Å². The molecule has 0 radical (unpaired) electrons. The minimum Gasteiger partial charge on any atom is -0.381 e. The van der Waals surface area contributed by atoms with Gasteiger partial charge in [0, 0.05) is 25.8 Å². The summed E-state index contributed by atoms with van der Waals surface area (Å²) < 4.78 is 9.31. The van der Waals surface area contributed by atoms with Gasteiger partial charge in [0.05, 0.1) is 29.5 Å². The predicted molar refractivity (Wildman–Crippen MR) is 99.6 cm³/mol. The maximum atomic E-state index is 5.52. The largest absolute Gasteiger partial charge is 0.381 e. The number of nitrogens with zero attached hydrogens (tertiary/aromatic N) is 7. The van der Waals surface area contributed by atoms with Crippen LogP contribution in [0, 0.1) is 6.92 Å². The summed E-state index contributed by atoms with van der Waals surface area (Å²) in [5.41, 5.74) is 3.48. The normalized spacial score (nSPS) is 17.0. The van der Waals surface area contributed by atoms with Gasteiger partial charge in [0.2, 0.25) is 5.95 Å². The van der Waals surface area contributed by atoms with Crippen molar-refractivity contribution in [1.29, 1.82) is 0 Å². The highest BCUT2D eigenvalue weighted by Gasteiger charge is 2.26. The number of rotatable bonds is 3. The summed E-state index contributed by atoms with van der Waals surface area (Å²) in [6, 6.07) is 8.02. The SMILES string of the molecule is Cc1cnc(-c2nc([C@@H]3CCOC3)nn2-c2nc3ccccc3n2C)cn1. The van der Waals surface area contributed by atoms with Crippen LogP contribution >= 0.6 is 0 Å². The summed E-state index contributed by atoms with van der Waals surface area (Å²) in [6.45, 7) is 3.30. The molecule has 0 spiro atoms. The summed E-state index contributed by atoms with van der Waals surface area (Å²) in [6.07, 6.45) is 4.39. The number of para-hydroxylation sites is 2. The van der Waals surface area contributed by atoms with Gasteiger partial charge in [-0.15, -0.1) is 5.10 Å². The van der Waals surface area contributed by atoms with Gasteiger partial charge in [-0.2, -0.15) is 4.68 Å². The van der Waals surface area contributed by atoms with E-state index in [1.807, 2.05) is 42.8 Å². The van der Waals surface area contributed by atoms with Crippen molar-refractivity contribution in [3.63, 3.8) is 0 Å². The molecule has 1 atom stereocenters. The van der Waals surface area contributed by atoms with Crippen LogP contribution in [0.15, 0.2) is 36.7 Å². The van der Waals surface area contributed by atoms with Crippen molar-refractivity contribution in [2.45, 2.75) is 19.3 Å². The third kappa shape index (κ3) is 2.69. The van der Waals surface area contributed by atoms with Crippen LogP contribution in [0.5, 0.6) is 0 Å². The van der Waals surface area contributed by atoms with E-state index in [-0.39, 0.29) is 5.92 Å². The van der Waals surface area contributed by atoms with Crippen molar-refractivity contribution in [3.05, 3.63) is 48.2 Å². The van der Waals surface area contributed by atoms with E-state index >= 15 is 0 Å². The average Bonchev–Trinajstić information content (AvgIpc) is 3.41. The summed E-state index contributed by atoms with van der Waals surface area (Å²) in [4.78, 5) is 18.4. The Morgan fingerprint density at radius 2 is 2.00 bits per heavy atom. The van der Waals surface area contributed by atoms with Gasteiger partial charge in [0.15, 0.2) is 11.6 Å². The zero-order chi connectivity index (χ0) is 18.4. The van der Waals surface area contributed by atoms with E-state index in [4.69, 9.17) is 19.8 Å². The zero-order valence-corrected chi connectivity index (χ0v) is 15.2. The second-order valence-corrected chi connectivity index (χ2v) is 6.77. The molecule has 1 aliphatic heterocycles. The van der Waals surface area contributed by atoms with Crippen molar-refractivity contribution >= 4 is 11.0 Å². The smallest absolute Gasteiger partial charge is 0.233 e. The van der Waals surface area contributed by atoms with Crippen molar-refractivity contribution in [1.82, 2.24) is 34.3 Å². The maximum Gasteiger partial charge on any atom is 0.233 e. The van der Waals surface area contributed by atoms with Gasteiger partial charge in [-0.05, 0) is 25.5 Å². The Morgan fingerprint density at radius 3 is 2.74 bits per heavy atom. The average molecular weight is 361 g/mol. The van der Waals surface area contributed by atoms with E-state index in [1.54, 1.807) is 17.1 Å². The first-order valence-electron chi connectivity index (χ1n) is 8.96. The number of ether oxygens (including phenoxy) is 1. The monoisotopic (exact) mass is 361 g/mol. The molecule has 8 heteroatoms. The fourth-order valence-corrected chi connectivity index (χ4v) is 3.37. The Hall–Kier alpha value is -3.13. The fraction of sp³-hybridized carbons (Fsp3) is 0.316. The van der Waals surface area contributed by atoms with Crippen LogP contribution in [-0.2, 0) is 11.8 Å². The number of imidazole rings is 1. The second-order valence-electron chi connectivity index (χ2n) is 6.77. The molecule has 1 fully saturated rings. The molecule has 0 unspecified atom stereocenters. The lowest BCUT2D eigenvalue weighted by Crippen LogP contribution is -2.08. The second kappa shape index (κ2) is 6.24. The van der Waals surface area contributed by atoms with Crippen molar-refractivity contribution in [2.75, 3.05) is 13.2 Å². The molecule has 136 valence electrons. The van der Waals surface area contributed by atoms with Crippen LogP contribution in [-0.4, -0.2) is 47.5 Å². The van der Waals surface area contributed by atoms with Gasteiger partial charge in [0.1, 0.15) is 5.69 Å². The molecule has 1 saturated heterocycles. The number of aryl methyl sites for hydroxylation is 2. The van der Waals surface area contributed by atoms with Gasteiger partial charge in [-0.25, -0.2) is 15.0 Å². The lowest BCUT2D eigenvalue weighted by atomic mass is 10.1. The van der Waals surface area contributed by atoms with Gasteiger partial charge >= 0.3 is 0 Å². The molecule has 1 aliphatic rings. The van der Waals surface area contributed by atoms with E-state index in [0.717, 1.165) is 35.6 Å². The van der Waals surface area contributed by atoms with Crippen molar-refractivity contribution < 1.29 is 4.74 Å². The molecule has 4 aromatic rings. The third-order valence-electron chi connectivity index (χ3n) is 4.88. The number of benzene rings is 1. The first-order valence-corrected chi connectivity index (χ1v) is 8.96. The highest BCUT2D eigenvalue weighted by atomic mass is 16.5. The van der Waals surface area contributed by atoms with Gasteiger partial charge in [-0.3, -0.25) is 4.98 Å². The summed E-state index contributed by atoms with van der Waals surface area (Å²) in [5, 5.41) is 4.79. The van der Waals surface area contributed by atoms with E-state index in [9.17, 15) is 0 Å². The Labute approximate surface area is 155 Å². The molecule has 5 rings (SSSR count). The lowest BCUT2D eigenvalue weighted by Gasteiger charge is -2.05. The van der Waals surface area contributed by atoms with Crippen LogP contribution in [0.4, 0.5) is 0 Å². The van der Waals surface area contributed by atoms with Gasteiger partial charge in [-0.1, -0.05) is 12.1 Å². The highest BCUT2D eigenvalue weighted by Crippen LogP contribution is 2.27. The Morgan fingerprint density at radius 1 is 1.11 bits per heavy atom. The number of hydrogen-bond donors (Lipinski definition) is 0. The van der Waals surface area contributed by atoms with Crippen LogP contribution in [0.2, 0.25) is 0 Å². The van der Waals surface area contributed by atoms with Gasteiger partial charge in [0.25, 0.3) is 0 Å². The van der Waals surface area contributed by atoms with E-state index in [2.05, 4.69) is 9.97 Å².